The molecule has 0 bridgehead atoms. The minimum Gasteiger partial charge on any atom is -0.358 e. The van der Waals surface area contributed by atoms with Crippen LogP contribution in [0.5, 0.6) is 0 Å². The Kier molecular flexibility index (Phi) is 4.74. The van der Waals surface area contributed by atoms with Crippen LogP contribution in [-0.4, -0.2) is 33.9 Å². The fraction of sp³-hybridized carbons (Fsp3) is 0.444. The van der Waals surface area contributed by atoms with E-state index in [1.54, 1.807) is 19.4 Å². The fourth-order valence-electron chi connectivity index (χ4n) is 3.02. The van der Waals surface area contributed by atoms with Crippen molar-refractivity contribution >= 4 is 11.7 Å². The van der Waals surface area contributed by atoms with Crippen molar-refractivity contribution in [1.82, 2.24) is 20.3 Å². The highest BCUT2D eigenvalue weighted by molar-refractivity contribution is 5.84. The maximum absolute atomic E-state index is 12.2. The van der Waals surface area contributed by atoms with Crippen molar-refractivity contribution < 1.29 is 4.79 Å². The Morgan fingerprint density at radius 3 is 2.58 bits per heavy atom. The van der Waals surface area contributed by atoms with Gasteiger partial charge in [0.15, 0.2) is 5.82 Å². The van der Waals surface area contributed by atoms with Gasteiger partial charge in [0.2, 0.25) is 5.91 Å². The molecule has 2 aromatic rings. The third kappa shape index (κ3) is 3.22. The molecule has 0 fully saturated rings. The summed E-state index contributed by atoms with van der Waals surface area (Å²) in [5.74, 6) is 1.59. The number of nitrogens with one attached hydrogen (secondary N) is 2. The number of aryl methyl sites for hydroxylation is 1. The number of hydrogen-bond acceptors (Lipinski definition) is 5. The summed E-state index contributed by atoms with van der Waals surface area (Å²) in [5, 5.41) is 6.09. The predicted molar refractivity (Wildman–Crippen MR) is 93.6 cm³/mol. The van der Waals surface area contributed by atoms with Crippen molar-refractivity contribution in [1.29, 1.82) is 0 Å². The van der Waals surface area contributed by atoms with Crippen LogP contribution >= 0.6 is 0 Å². The average molecular weight is 325 g/mol. The fourth-order valence-corrected chi connectivity index (χ4v) is 3.02. The zero-order valence-corrected chi connectivity index (χ0v) is 14.3. The number of hydrogen-bond donors (Lipinski definition) is 2. The van der Waals surface area contributed by atoms with Gasteiger partial charge in [0.05, 0.1) is 0 Å². The number of nitrogens with zero attached hydrogens (tertiary/aromatic N) is 3. The number of carbonyl (C=O) groups excluding carboxylic acids is 1. The number of rotatable bonds is 5. The first-order valence-corrected chi connectivity index (χ1v) is 8.38. The van der Waals surface area contributed by atoms with Gasteiger partial charge in [0.1, 0.15) is 11.9 Å². The van der Waals surface area contributed by atoms with Crippen LogP contribution in [0.4, 0.5) is 5.82 Å². The van der Waals surface area contributed by atoms with Crippen LogP contribution in [0.2, 0.25) is 0 Å². The Morgan fingerprint density at radius 2 is 1.92 bits per heavy atom. The summed E-state index contributed by atoms with van der Waals surface area (Å²) >= 11 is 0. The van der Waals surface area contributed by atoms with Crippen LogP contribution in [0, 0.1) is 5.92 Å². The van der Waals surface area contributed by atoms with Gasteiger partial charge in [-0.2, -0.15) is 0 Å². The smallest absolute Gasteiger partial charge is 0.242 e. The van der Waals surface area contributed by atoms with Gasteiger partial charge >= 0.3 is 0 Å². The third-order valence-corrected chi connectivity index (χ3v) is 4.36. The molecule has 1 aliphatic carbocycles. The Morgan fingerprint density at radius 1 is 1.17 bits per heavy atom. The number of pyridine rings is 1. The molecular weight excluding hydrogens is 302 g/mol. The van der Waals surface area contributed by atoms with Gasteiger partial charge < -0.3 is 10.6 Å². The number of carbonyl (C=O) groups is 1. The molecule has 0 saturated carbocycles. The largest absolute Gasteiger partial charge is 0.358 e. The number of aromatic nitrogens is 3. The lowest BCUT2D eigenvalue weighted by molar-refractivity contribution is -0.122. The van der Waals surface area contributed by atoms with Crippen molar-refractivity contribution in [2.75, 3.05) is 12.4 Å². The summed E-state index contributed by atoms with van der Waals surface area (Å²) in [6.45, 7) is 4.05. The van der Waals surface area contributed by atoms with Crippen molar-refractivity contribution in [3.63, 3.8) is 0 Å². The molecule has 1 aliphatic rings. The quantitative estimate of drug-likeness (QED) is 0.881. The van der Waals surface area contributed by atoms with E-state index in [2.05, 4.69) is 15.6 Å². The van der Waals surface area contributed by atoms with E-state index in [0.717, 1.165) is 41.9 Å². The monoisotopic (exact) mass is 325 g/mol. The second-order valence-corrected chi connectivity index (χ2v) is 6.39. The summed E-state index contributed by atoms with van der Waals surface area (Å²) in [6.07, 6.45) is 6.45. The zero-order valence-electron chi connectivity index (χ0n) is 14.3. The van der Waals surface area contributed by atoms with Crippen LogP contribution in [0.3, 0.4) is 0 Å². The first-order chi connectivity index (χ1) is 11.6. The van der Waals surface area contributed by atoms with Crippen molar-refractivity contribution in [3.8, 4) is 11.4 Å². The molecule has 6 nitrogen and oxygen atoms in total. The molecule has 1 amide bonds. The molecular formula is C18H23N5O. The van der Waals surface area contributed by atoms with Crippen LogP contribution < -0.4 is 10.6 Å². The van der Waals surface area contributed by atoms with Gasteiger partial charge in [-0.1, -0.05) is 13.8 Å². The van der Waals surface area contributed by atoms with Gasteiger partial charge in [0, 0.05) is 36.3 Å². The maximum atomic E-state index is 12.2. The number of fused-ring (bicyclic) bond motifs is 1. The second kappa shape index (κ2) is 6.95. The third-order valence-electron chi connectivity index (χ3n) is 4.36. The molecule has 2 aromatic heterocycles. The highest BCUT2D eigenvalue weighted by Crippen LogP contribution is 2.30. The van der Waals surface area contributed by atoms with Crippen molar-refractivity contribution in [2.24, 2.45) is 5.92 Å². The summed E-state index contributed by atoms with van der Waals surface area (Å²) in [4.78, 5) is 25.7. The lowest BCUT2D eigenvalue weighted by Gasteiger charge is -2.23. The molecule has 1 unspecified atom stereocenters. The van der Waals surface area contributed by atoms with E-state index in [-0.39, 0.29) is 17.9 Å². The van der Waals surface area contributed by atoms with E-state index in [9.17, 15) is 4.79 Å². The summed E-state index contributed by atoms with van der Waals surface area (Å²) in [7, 11) is 1.66. The topological polar surface area (TPSA) is 79.8 Å². The minimum absolute atomic E-state index is 0.0270. The van der Waals surface area contributed by atoms with Crippen molar-refractivity contribution in [3.05, 3.63) is 35.8 Å². The standard InChI is InChI=1S/C18H23N5O/c1-11(2)15(18(24)19-3)22-17-13-5-4-6-14(13)21-16(23-17)12-7-9-20-10-8-12/h7-11,15H,4-6H2,1-3H3,(H,19,24)(H,21,22,23). The van der Waals surface area contributed by atoms with Crippen LogP contribution in [0.25, 0.3) is 11.4 Å². The van der Waals surface area contributed by atoms with Gasteiger partial charge in [-0.05, 0) is 37.3 Å². The summed E-state index contributed by atoms with van der Waals surface area (Å²) in [5.41, 5.74) is 3.16. The van der Waals surface area contributed by atoms with Gasteiger partial charge in [0.25, 0.3) is 0 Å². The number of anilines is 1. The Labute approximate surface area is 142 Å². The molecule has 2 N–H and O–H groups in total. The van der Waals surface area contributed by atoms with E-state index in [4.69, 9.17) is 9.97 Å². The van der Waals surface area contributed by atoms with Crippen LogP contribution in [-0.2, 0) is 17.6 Å². The normalized spacial score (nSPS) is 14.3. The maximum Gasteiger partial charge on any atom is 0.242 e. The summed E-state index contributed by atoms with van der Waals surface area (Å²) < 4.78 is 0. The average Bonchev–Trinajstić information content (AvgIpc) is 3.08. The molecule has 0 spiro atoms. The molecule has 1 atom stereocenters. The Hall–Kier alpha value is -2.50. The van der Waals surface area contributed by atoms with Gasteiger partial charge in [-0.15, -0.1) is 0 Å². The zero-order chi connectivity index (χ0) is 17.1. The molecule has 6 heteroatoms. The Bertz CT molecular complexity index is 730. The van der Waals surface area contributed by atoms with E-state index in [1.807, 2.05) is 26.0 Å². The van der Waals surface area contributed by atoms with E-state index >= 15 is 0 Å². The van der Waals surface area contributed by atoms with Gasteiger partial charge in [-0.25, -0.2) is 9.97 Å². The lowest BCUT2D eigenvalue weighted by Crippen LogP contribution is -2.41. The lowest BCUT2D eigenvalue weighted by atomic mass is 10.0. The first kappa shape index (κ1) is 16.4. The predicted octanol–water partition coefficient (Wildman–Crippen LogP) is 2.21. The van der Waals surface area contributed by atoms with E-state index in [0.29, 0.717) is 5.82 Å². The molecule has 0 aromatic carbocycles. The molecule has 2 heterocycles. The highest BCUT2D eigenvalue weighted by atomic mass is 16.2. The first-order valence-electron chi connectivity index (χ1n) is 8.38. The van der Waals surface area contributed by atoms with E-state index < -0.39 is 0 Å². The minimum atomic E-state index is -0.320. The van der Waals surface area contributed by atoms with Crippen molar-refractivity contribution in [2.45, 2.75) is 39.2 Å². The molecule has 0 radical (unpaired) electrons. The Balaban J connectivity index is 2.00. The van der Waals surface area contributed by atoms with Gasteiger partial charge in [-0.3, -0.25) is 9.78 Å². The highest BCUT2D eigenvalue weighted by Gasteiger charge is 2.26. The molecule has 24 heavy (non-hydrogen) atoms. The summed E-state index contributed by atoms with van der Waals surface area (Å²) in [6, 6.07) is 3.48. The SMILES string of the molecule is CNC(=O)C(Nc1nc(-c2ccncc2)nc2c1CCC2)C(C)C. The molecule has 126 valence electrons. The van der Waals surface area contributed by atoms with Crippen LogP contribution in [0.1, 0.15) is 31.5 Å². The molecule has 3 rings (SSSR count). The molecule has 0 aliphatic heterocycles. The number of likely N-dealkylation sites (N-methyl/N-ethyl adjacent to an activating group) is 1. The number of amides is 1. The molecule has 0 saturated heterocycles. The van der Waals surface area contributed by atoms with E-state index in [1.165, 1.54) is 0 Å². The second-order valence-electron chi connectivity index (χ2n) is 6.39. The van der Waals surface area contributed by atoms with Crippen LogP contribution in [0.15, 0.2) is 24.5 Å².